The summed E-state index contributed by atoms with van der Waals surface area (Å²) in [5, 5.41) is 1.54. The molecule has 0 heterocycles. The van der Waals surface area contributed by atoms with Crippen LogP contribution in [-0.4, -0.2) is 15.0 Å². The highest BCUT2D eigenvalue weighted by molar-refractivity contribution is 7.89. The first-order chi connectivity index (χ1) is 9.79. The van der Waals surface area contributed by atoms with Gasteiger partial charge in [0, 0.05) is 17.6 Å². The molecule has 0 aromatic heterocycles. The predicted molar refractivity (Wildman–Crippen MR) is 85.4 cm³/mol. The first-order valence-corrected chi connectivity index (χ1v) is 8.56. The molecule has 0 radical (unpaired) electrons. The second-order valence-corrected chi connectivity index (χ2v) is 8.21. The van der Waals surface area contributed by atoms with Gasteiger partial charge >= 0.3 is 0 Å². The van der Waals surface area contributed by atoms with Crippen LogP contribution in [0, 0.1) is 11.3 Å². The van der Waals surface area contributed by atoms with Crippen molar-refractivity contribution in [1.82, 2.24) is 4.72 Å². The normalized spacial score (nSPS) is 20.6. The minimum absolute atomic E-state index is 0.260. The molecule has 0 amide bonds. The van der Waals surface area contributed by atoms with Crippen molar-refractivity contribution in [2.45, 2.75) is 25.2 Å². The Morgan fingerprint density at radius 1 is 1.29 bits per heavy atom. The second kappa shape index (κ2) is 4.71. The van der Waals surface area contributed by atoms with Crippen molar-refractivity contribution < 1.29 is 8.42 Å². The van der Waals surface area contributed by atoms with Crippen LogP contribution < -0.4 is 10.5 Å². The zero-order valence-electron chi connectivity index (χ0n) is 12.3. The fraction of sp³-hybridized carbons (Fsp3) is 0.375. The minimum atomic E-state index is -3.50. The molecule has 1 unspecified atom stereocenters. The van der Waals surface area contributed by atoms with Crippen molar-refractivity contribution in [1.29, 1.82) is 0 Å². The number of nitrogens with two attached hydrogens (primary N) is 1. The molecule has 0 spiro atoms. The van der Waals surface area contributed by atoms with Gasteiger partial charge in [0.2, 0.25) is 10.0 Å². The average molecular weight is 304 g/mol. The van der Waals surface area contributed by atoms with E-state index in [0.717, 1.165) is 11.8 Å². The highest BCUT2D eigenvalue weighted by Crippen LogP contribution is 2.51. The third-order valence-corrected chi connectivity index (χ3v) is 5.87. The van der Waals surface area contributed by atoms with Crippen LogP contribution in [0.15, 0.2) is 41.3 Å². The zero-order chi connectivity index (χ0) is 15.3. The first kappa shape index (κ1) is 14.4. The van der Waals surface area contributed by atoms with Crippen LogP contribution in [0.4, 0.5) is 5.69 Å². The molecule has 3 N–H and O–H groups in total. The Kier molecular flexibility index (Phi) is 3.22. The molecular weight excluding hydrogens is 284 g/mol. The van der Waals surface area contributed by atoms with E-state index in [0.29, 0.717) is 28.4 Å². The Bertz CT molecular complexity index is 797. The molecule has 1 aliphatic carbocycles. The van der Waals surface area contributed by atoms with Gasteiger partial charge in [0.15, 0.2) is 0 Å². The van der Waals surface area contributed by atoms with Crippen LogP contribution in [0.3, 0.4) is 0 Å². The SMILES string of the molecule is CC1(C)CC1CNS(=O)(=O)c1cccc2cc(N)ccc12. The van der Waals surface area contributed by atoms with Gasteiger partial charge in [0.1, 0.15) is 0 Å². The molecule has 1 fully saturated rings. The van der Waals surface area contributed by atoms with Crippen molar-refractivity contribution in [3.8, 4) is 0 Å². The van der Waals surface area contributed by atoms with Crippen LogP contribution in [0.5, 0.6) is 0 Å². The minimum Gasteiger partial charge on any atom is -0.399 e. The van der Waals surface area contributed by atoms with E-state index in [1.165, 1.54) is 0 Å². The van der Waals surface area contributed by atoms with Crippen molar-refractivity contribution >= 4 is 26.5 Å². The van der Waals surface area contributed by atoms with Crippen molar-refractivity contribution in [2.24, 2.45) is 11.3 Å². The molecular formula is C16H20N2O2S. The Hall–Kier alpha value is -1.59. The van der Waals surface area contributed by atoms with Crippen LogP contribution in [0.2, 0.25) is 0 Å². The topological polar surface area (TPSA) is 72.2 Å². The van der Waals surface area contributed by atoms with E-state index in [-0.39, 0.29) is 5.41 Å². The number of hydrogen-bond acceptors (Lipinski definition) is 3. The summed E-state index contributed by atoms with van der Waals surface area (Å²) in [6, 6.07) is 10.5. The quantitative estimate of drug-likeness (QED) is 0.853. The first-order valence-electron chi connectivity index (χ1n) is 7.07. The van der Waals surface area contributed by atoms with E-state index in [1.54, 1.807) is 30.3 Å². The lowest BCUT2D eigenvalue weighted by Gasteiger charge is -2.10. The summed E-state index contributed by atoms with van der Waals surface area (Å²) >= 11 is 0. The monoisotopic (exact) mass is 304 g/mol. The van der Waals surface area contributed by atoms with Gasteiger partial charge in [0.05, 0.1) is 4.90 Å². The molecule has 112 valence electrons. The molecule has 1 aliphatic rings. The fourth-order valence-electron chi connectivity index (χ4n) is 2.72. The third-order valence-electron chi connectivity index (χ3n) is 4.39. The Morgan fingerprint density at radius 2 is 2.00 bits per heavy atom. The van der Waals surface area contributed by atoms with Crippen LogP contribution >= 0.6 is 0 Å². The summed E-state index contributed by atoms with van der Waals surface area (Å²) in [5.74, 6) is 0.429. The number of benzene rings is 2. The van der Waals surface area contributed by atoms with E-state index < -0.39 is 10.0 Å². The summed E-state index contributed by atoms with van der Waals surface area (Å²) in [4.78, 5) is 0.318. The number of sulfonamides is 1. The summed E-state index contributed by atoms with van der Waals surface area (Å²) in [6.45, 7) is 4.82. The zero-order valence-corrected chi connectivity index (χ0v) is 13.1. The highest BCUT2D eigenvalue weighted by Gasteiger charge is 2.45. The molecule has 2 aromatic rings. The number of hydrogen-bond donors (Lipinski definition) is 2. The van der Waals surface area contributed by atoms with E-state index in [9.17, 15) is 8.42 Å². The molecule has 3 rings (SSSR count). The van der Waals surface area contributed by atoms with Gasteiger partial charge in [-0.05, 0) is 41.3 Å². The number of anilines is 1. The van der Waals surface area contributed by atoms with Crippen LogP contribution in [0.1, 0.15) is 20.3 Å². The summed E-state index contributed by atoms with van der Waals surface area (Å²) in [6.07, 6.45) is 1.07. The van der Waals surface area contributed by atoms with Crippen molar-refractivity contribution in [3.05, 3.63) is 36.4 Å². The van der Waals surface area contributed by atoms with Gasteiger partial charge in [0.25, 0.3) is 0 Å². The Balaban J connectivity index is 1.92. The molecule has 4 nitrogen and oxygen atoms in total. The maximum absolute atomic E-state index is 12.5. The van der Waals surface area contributed by atoms with Crippen LogP contribution in [0.25, 0.3) is 10.8 Å². The maximum atomic E-state index is 12.5. The predicted octanol–water partition coefficient (Wildman–Crippen LogP) is 2.75. The second-order valence-electron chi connectivity index (χ2n) is 6.48. The maximum Gasteiger partial charge on any atom is 0.241 e. The Morgan fingerprint density at radius 3 is 2.67 bits per heavy atom. The standard InChI is InChI=1S/C16H20N2O2S/c1-16(2)9-12(16)10-18-21(19,20)15-5-3-4-11-8-13(17)6-7-14(11)15/h3-8,12,18H,9-10,17H2,1-2H3. The average Bonchev–Trinajstić information content (AvgIpc) is 3.03. The molecule has 21 heavy (non-hydrogen) atoms. The van der Waals surface area contributed by atoms with Gasteiger partial charge in [-0.15, -0.1) is 0 Å². The molecule has 5 heteroatoms. The lowest BCUT2D eigenvalue weighted by Crippen LogP contribution is -2.27. The largest absolute Gasteiger partial charge is 0.399 e. The van der Waals surface area contributed by atoms with E-state index in [2.05, 4.69) is 18.6 Å². The van der Waals surface area contributed by atoms with Crippen molar-refractivity contribution in [2.75, 3.05) is 12.3 Å². The summed E-state index contributed by atoms with van der Waals surface area (Å²) in [5.41, 5.74) is 6.64. The van der Waals surface area contributed by atoms with E-state index in [1.807, 2.05) is 6.07 Å². The number of fused-ring (bicyclic) bond motifs is 1. The van der Waals surface area contributed by atoms with Gasteiger partial charge in [-0.1, -0.05) is 32.0 Å². The van der Waals surface area contributed by atoms with Crippen LogP contribution in [-0.2, 0) is 10.0 Å². The number of nitrogen functional groups attached to an aromatic ring is 1. The number of nitrogens with one attached hydrogen (secondary N) is 1. The van der Waals surface area contributed by atoms with Gasteiger partial charge in [-0.2, -0.15) is 0 Å². The lowest BCUT2D eigenvalue weighted by atomic mass is 10.1. The molecule has 1 saturated carbocycles. The number of rotatable bonds is 4. The molecule has 0 aliphatic heterocycles. The van der Waals surface area contributed by atoms with Gasteiger partial charge in [-0.25, -0.2) is 13.1 Å². The highest BCUT2D eigenvalue weighted by atomic mass is 32.2. The van der Waals surface area contributed by atoms with E-state index >= 15 is 0 Å². The van der Waals surface area contributed by atoms with Crippen molar-refractivity contribution in [3.63, 3.8) is 0 Å². The third kappa shape index (κ3) is 2.76. The smallest absolute Gasteiger partial charge is 0.241 e. The lowest BCUT2D eigenvalue weighted by molar-refractivity contribution is 0.538. The molecule has 2 aromatic carbocycles. The fourth-order valence-corrected chi connectivity index (χ4v) is 4.03. The molecule has 1 atom stereocenters. The van der Waals surface area contributed by atoms with Gasteiger partial charge < -0.3 is 5.73 Å². The van der Waals surface area contributed by atoms with Gasteiger partial charge in [-0.3, -0.25) is 0 Å². The summed E-state index contributed by atoms with van der Waals surface area (Å²) in [7, 11) is -3.50. The summed E-state index contributed by atoms with van der Waals surface area (Å²) < 4.78 is 27.8. The molecule has 0 saturated heterocycles. The molecule has 0 bridgehead atoms. The van der Waals surface area contributed by atoms with E-state index in [4.69, 9.17) is 5.73 Å². The Labute approximate surface area is 125 Å².